The Morgan fingerprint density at radius 2 is 1.78 bits per heavy atom. The Bertz CT molecular complexity index is 1080. The molecule has 0 fully saturated rings. The zero-order chi connectivity index (χ0) is 24.3. The van der Waals surface area contributed by atoms with Crippen molar-refractivity contribution < 1.29 is 44.4 Å². The minimum atomic E-state index is -5.07. The van der Waals surface area contributed by atoms with Crippen molar-refractivity contribution in [1.29, 1.82) is 0 Å². The highest BCUT2D eigenvalue weighted by molar-refractivity contribution is 7.89. The van der Waals surface area contributed by atoms with E-state index in [2.05, 4.69) is 9.97 Å². The van der Waals surface area contributed by atoms with E-state index in [0.717, 1.165) is 18.3 Å². The number of hydroxylamine groups is 1. The molecule has 2 rings (SSSR count). The van der Waals surface area contributed by atoms with Gasteiger partial charge in [-0.15, -0.1) is 0 Å². The first-order chi connectivity index (χ1) is 14.6. The number of primary sulfonamides is 1. The largest absolute Gasteiger partial charge is 0.416 e. The fourth-order valence-electron chi connectivity index (χ4n) is 2.38. The average molecular weight is 487 g/mol. The lowest BCUT2D eigenvalue weighted by molar-refractivity contribution is -0.137. The second-order valence-corrected chi connectivity index (χ2v) is 7.50. The first kappa shape index (κ1) is 25.3. The maximum atomic E-state index is 13.2. The number of nitrogens with two attached hydrogens (primary N) is 1. The molecule has 2 heterocycles. The number of rotatable bonds is 6. The number of amides is 2. The maximum Gasteiger partial charge on any atom is 0.416 e. The van der Waals surface area contributed by atoms with Gasteiger partial charge in [0.15, 0.2) is 11.6 Å². The summed E-state index contributed by atoms with van der Waals surface area (Å²) in [6, 6.07) is 1.09. The van der Waals surface area contributed by atoms with Gasteiger partial charge in [-0.25, -0.2) is 28.3 Å². The van der Waals surface area contributed by atoms with E-state index in [1.165, 1.54) is 6.92 Å². The molecule has 2 amide bonds. The van der Waals surface area contributed by atoms with E-state index in [1.54, 1.807) is 0 Å². The molecule has 2 aromatic heterocycles. The number of halogens is 6. The Morgan fingerprint density at radius 1 is 1.12 bits per heavy atom. The molecule has 0 aromatic carbocycles. The van der Waals surface area contributed by atoms with E-state index in [4.69, 9.17) is 9.98 Å². The topological polar surface area (TPSA) is 119 Å². The molecular weight excluding hydrogens is 472 g/mol. The molecule has 0 saturated carbocycles. The third kappa shape index (κ3) is 6.27. The van der Waals surface area contributed by atoms with Crippen LogP contribution in [0.1, 0.15) is 12.5 Å². The highest BCUT2D eigenvalue weighted by Gasteiger charge is 2.40. The number of anilines is 2. The highest BCUT2D eigenvalue weighted by atomic mass is 32.2. The summed E-state index contributed by atoms with van der Waals surface area (Å²) in [5, 5.41) is 5.08. The van der Waals surface area contributed by atoms with E-state index >= 15 is 0 Å². The van der Waals surface area contributed by atoms with Crippen molar-refractivity contribution in [3.8, 4) is 0 Å². The Morgan fingerprint density at radius 3 is 2.31 bits per heavy atom. The van der Waals surface area contributed by atoms with Gasteiger partial charge >= 0.3 is 18.4 Å². The molecule has 0 radical (unpaired) electrons. The van der Waals surface area contributed by atoms with Crippen LogP contribution in [0.2, 0.25) is 0 Å². The number of carbonyl (C=O) groups is 1. The third-order valence-electron chi connectivity index (χ3n) is 3.59. The van der Waals surface area contributed by atoms with Gasteiger partial charge in [0.2, 0.25) is 10.0 Å². The molecule has 9 nitrogen and oxygen atoms in total. The van der Waals surface area contributed by atoms with Crippen LogP contribution in [0.5, 0.6) is 0 Å². The lowest BCUT2D eigenvalue weighted by Crippen LogP contribution is -2.48. The van der Waals surface area contributed by atoms with Crippen LogP contribution >= 0.6 is 0 Å². The second-order valence-electron chi connectivity index (χ2n) is 5.97. The van der Waals surface area contributed by atoms with E-state index in [9.17, 15) is 39.6 Å². The summed E-state index contributed by atoms with van der Waals surface area (Å²) < 4.78 is 102. The maximum absolute atomic E-state index is 13.2. The normalized spacial score (nSPS) is 12.5. The first-order valence-corrected chi connectivity index (χ1v) is 10.0. The van der Waals surface area contributed by atoms with Crippen LogP contribution in [0.25, 0.3) is 0 Å². The van der Waals surface area contributed by atoms with Crippen molar-refractivity contribution in [1.82, 2.24) is 9.97 Å². The Hall–Kier alpha value is -2.98. The molecule has 16 heteroatoms. The van der Waals surface area contributed by atoms with Crippen molar-refractivity contribution >= 4 is 27.7 Å². The molecule has 0 aliphatic rings. The van der Waals surface area contributed by atoms with E-state index in [-0.39, 0.29) is 16.6 Å². The van der Waals surface area contributed by atoms with Gasteiger partial charge in [-0.05, 0) is 31.2 Å². The average Bonchev–Trinajstić information content (AvgIpc) is 2.68. The number of urea groups is 1. The van der Waals surface area contributed by atoms with Crippen molar-refractivity contribution in [2.75, 3.05) is 23.1 Å². The minimum absolute atomic E-state index is 0.0720. The summed E-state index contributed by atoms with van der Waals surface area (Å²) in [6.45, 7) is -1.12. The van der Waals surface area contributed by atoms with Gasteiger partial charge in [0, 0.05) is 12.4 Å². The first-order valence-electron chi connectivity index (χ1n) is 8.47. The molecule has 0 spiro atoms. The molecule has 0 aliphatic carbocycles. The quantitative estimate of drug-likeness (QED) is 0.494. The van der Waals surface area contributed by atoms with Crippen LogP contribution in [0.3, 0.4) is 0 Å². The van der Waals surface area contributed by atoms with Crippen molar-refractivity contribution in [3.63, 3.8) is 0 Å². The molecular formula is C16H15F6N5O4S. The standard InChI is InChI=1S/C16H15F6N5O4S/c1-2-31-27(12-8-10(5-7-24-12)16(20,21)22)14(28)26(9-15(17,18)19)13-11(32(23,29)30)4-3-6-25-13/h3-8H,2,9H2,1H3,(H2,23,29,30). The molecule has 0 unspecified atom stereocenters. The number of carbonyl (C=O) groups excluding carboxylic acids is 1. The van der Waals surface area contributed by atoms with Gasteiger partial charge in [0.25, 0.3) is 0 Å². The van der Waals surface area contributed by atoms with Gasteiger partial charge in [0.05, 0.1) is 12.2 Å². The number of aromatic nitrogens is 2. The molecule has 0 saturated heterocycles. The van der Waals surface area contributed by atoms with Crippen LogP contribution in [0, 0.1) is 0 Å². The zero-order valence-corrected chi connectivity index (χ0v) is 16.9. The van der Waals surface area contributed by atoms with Crippen LogP contribution in [-0.2, 0) is 21.0 Å². The van der Waals surface area contributed by atoms with Gasteiger partial charge in [0.1, 0.15) is 11.4 Å². The fourth-order valence-corrected chi connectivity index (χ4v) is 3.07. The summed E-state index contributed by atoms with van der Waals surface area (Å²) in [5.41, 5.74) is -1.26. The van der Waals surface area contributed by atoms with Crippen LogP contribution in [0.4, 0.5) is 42.8 Å². The van der Waals surface area contributed by atoms with Gasteiger partial charge in [-0.2, -0.15) is 31.4 Å². The molecule has 0 atom stereocenters. The van der Waals surface area contributed by atoms with Crippen LogP contribution < -0.4 is 15.1 Å². The monoisotopic (exact) mass is 487 g/mol. The highest BCUT2D eigenvalue weighted by Crippen LogP contribution is 2.32. The molecule has 32 heavy (non-hydrogen) atoms. The van der Waals surface area contributed by atoms with Crippen molar-refractivity contribution in [3.05, 3.63) is 42.2 Å². The minimum Gasteiger partial charge on any atom is -0.266 e. The van der Waals surface area contributed by atoms with Crippen molar-refractivity contribution in [2.24, 2.45) is 5.14 Å². The summed E-state index contributed by atoms with van der Waals surface area (Å²) in [6.07, 6.45) is -8.36. The van der Waals surface area contributed by atoms with Crippen LogP contribution in [0.15, 0.2) is 41.6 Å². The van der Waals surface area contributed by atoms with E-state index in [1.807, 2.05) is 0 Å². The SMILES string of the molecule is CCON(C(=O)N(CC(F)(F)F)c1ncccc1S(N)(=O)=O)c1cc(C(F)(F)F)ccn1. The third-order valence-corrected chi connectivity index (χ3v) is 4.53. The predicted molar refractivity (Wildman–Crippen MR) is 97.8 cm³/mol. The molecule has 2 aromatic rings. The summed E-state index contributed by atoms with van der Waals surface area (Å²) in [5.74, 6) is -1.80. The van der Waals surface area contributed by atoms with Gasteiger partial charge in [-0.1, -0.05) is 0 Å². The van der Waals surface area contributed by atoms with E-state index in [0.29, 0.717) is 18.3 Å². The Labute approximate surface area is 177 Å². The summed E-state index contributed by atoms with van der Waals surface area (Å²) in [7, 11) is -4.64. The smallest absolute Gasteiger partial charge is 0.266 e. The van der Waals surface area contributed by atoms with Crippen LogP contribution in [-0.4, -0.2) is 43.7 Å². The second kappa shape index (κ2) is 9.25. The number of pyridine rings is 2. The molecule has 2 N–H and O–H groups in total. The molecule has 0 bridgehead atoms. The van der Waals surface area contributed by atoms with E-state index < -0.39 is 57.0 Å². The Balaban J connectivity index is 2.65. The number of nitrogens with zero attached hydrogens (tertiary/aromatic N) is 4. The predicted octanol–water partition coefficient (Wildman–Crippen LogP) is 3.09. The fraction of sp³-hybridized carbons (Fsp3) is 0.312. The zero-order valence-electron chi connectivity index (χ0n) is 16.1. The van der Waals surface area contributed by atoms with Crippen molar-refractivity contribution in [2.45, 2.75) is 24.2 Å². The number of hydrogen-bond donors (Lipinski definition) is 1. The lowest BCUT2D eigenvalue weighted by Gasteiger charge is -2.29. The number of sulfonamides is 1. The summed E-state index contributed by atoms with van der Waals surface area (Å²) >= 11 is 0. The van der Waals surface area contributed by atoms with Gasteiger partial charge < -0.3 is 0 Å². The summed E-state index contributed by atoms with van der Waals surface area (Å²) in [4.78, 5) is 23.9. The lowest BCUT2D eigenvalue weighted by atomic mass is 10.2. The number of hydrogen-bond acceptors (Lipinski definition) is 6. The number of alkyl halides is 6. The Kier molecular flexibility index (Phi) is 7.31. The van der Waals surface area contributed by atoms with Gasteiger partial charge in [-0.3, -0.25) is 9.74 Å². The molecule has 0 aliphatic heterocycles. The molecule has 176 valence electrons.